The van der Waals surface area contributed by atoms with Crippen molar-refractivity contribution < 1.29 is 32.4 Å². The lowest BCUT2D eigenvalue weighted by atomic mass is 10.0. The number of carbonyl (C=O) groups excluding carboxylic acids is 4. The van der Waals surface area contributed by atoms with Gasteiger partial charge in [-0.15, -0.1) is 0 Å². The molecule has 1 unspecified atom stereocenters. The molecule has 0 aromatic heterocycles. The fourth-order valence-electron chi connectivity index (χ4n) is 5.46. The van der Waals surface area contributed by atoms with Crippen LogP contribution in [0.2, 0.25) is 0 Å². The molecule has 2 N–H and O–H groups in total. The van der Waals surface area contributed by atoms with Crippen LogP contribution in [0.15, 0.2) is 77.7 Å². The molecule has 12 nitrogen and oxygen atoms in total. The Morgan fingerprint density at radius 3 is 2.47 bits per heavy atom. The fraction of sp³-hybridized carbons (Fsp3) is 0.300. The molecular formula is C30H30N6O6S. The van der Waals surface area contributed by atoms with E-state index in [4.69, 9.17) is 5.53 Å². The van der Waals surface area contributed by atoms with Gasteiger partial charge in [0.25, 0.3) is 11.7 Å². The summed E-state index contributed by atoms with van der Waals surface area (Å²) in [5.41, 5.74) is 9.66. The molecule has 2 saturated heterocycles. The maximum Gasteiger partial charge on any atom is 0.325 e. The number of amides is 3. The van der Waals surface area contributed by atoms with Crippen LogP contribution in [0, 0.1) is 0 Å². The molecule has 2 heterocycles. The number of carbonyl (C=O) groups is 4. The highest BCUT2D eigenvalue weighted by molar-refractivity contribution is 7.89. The maximum absolute atomic E-state index is 13.9. The van der Waals surface area contributed by atoms with E-state index in [0.29, 0.717) is 18.0 Å². The van der Waals surface area contributed by atoms with Crippen molar-refractivity contribution in [3.63, 3.8) is 0 Å². The van der Waals surface area contributed by atoms with Crippen molar-refractivity contribution in [2.45, 2.75) is 55.1 Å². The normalized spacial score (nSPS) is 19.6. The molecule has 0 aliphatic carbocycles. The Balaban J connectivity index is 1.39. The van der Waals surface area contributed by atoms with Gasteiger partial charge in [0.05, 0.1) is 4.90 Å². The first-order valence-corrected chi connectivity index (χ1v) is 15.4. The predicted octanol–water partition coefficient (Wildman–Crippen LogP) is 1.61. The van der Waals surface area contributed by atoms with Crippen LogP contribution in [0.1, 0.15) is 31.2 Å². The number of benzene rings is 3. The van der Waals surface area contributed by atoms with Gasteiger partial charge in [-0.2, -0.15) is 9.51 Å². The van der Waals surface area contributed by atoms with Gasteiger partial charge in [0.1, 0.15) is 18.1 Å². The van der Waals surface area contributed by atoms with E-state index in [2.05, 4.69) is 14.8 Å². The molecule has 2 aliphatic rings. The van der Waals surface area contributed by atoms with E-state index >= 15 is 0 Å². The van der Waals surface area contributed by atoms with Crippen LogP contribution in [0.3, 0.4) is 0 Å². The molecule has 222 valence electrons. The summed E-state index contributed by atoms with van der Waals surface area (Å²) in [6, 6.07) is 17.2. The Hall–Kier alpha value is -4.71. The second-order valence-electron chi connectivity index (χ2n) is 10.5. The molecule has 0 radical (unpaired) electrons. The van der Waals surface area contributed by atoms with Crippen molar-refractivity contribution in [2.75, 3.05) is 6.54 Å². The lowest BCUT2D eigenvalue weighted by Gasteiger charge is -2.43. The zero-order valence-electron chi connectivity index (χ0n) is 23.1. The Morgan fingerprint density at radius 2 is 1.72 bits per heavy atom. The number of nitrogens with zero attached hydrogens (tertiary/aromatic N) is 4. The van der Waals surface area contributed by atoms with E-state index in [0.717, 1.165) is 16.0 Å². The first kappa shape index (κ1) is 29.8. The summed E-state index contributed by atoms with van der Waals surface area (Å²) in [5, 5.41) is 6.44. The second-order valence-corrected chi connectivity index (χ2v) is 12.2. The highest BCUT2D eigenvalue weighted by Gasteiger charge is 2.45. The number of ketones is 1. The topological polar surface area (TPSA) is 169 Å². The summed E-state index contributed by atoms with van der Waals surface area (Å²) in [4.78, 5) is 56.0. The molecule has 3 aromatic carbocycles. The van der Waals surface area contributed by atoms with E-state index in [-0.39, 0.29) is 37.1 Å². The van der Waals surface area contributed by atoms with E-state index in [1.54, 1.807) is 48.5 Å². The van der Waals surface area contributed by atoms with Gasteiger partial charge >= 0.3 is 6.21 Å². The zero-order chi connectivity index (χ0) is 30.6. The average molecular weight is 603 g/mol. The van der Waals surface area contributed by atoms with Gasteiger partial charge in [0, 0.05) is 19.4 Å². The predicted molar refractivity (Wildman–Crippen MR) is 156 cm³/mol. The minimum Gasteiger partial charge on any atom is -0.361 e. The molecule has 2 fully saturated rings. The number of rotatable bonds is 9. The van der Waals surface area contributed by atoms with Crippen LogP contribution in [0.25, 0.3) is 16.3 Å². The van der Waals surface area contributed by atoms with Crippen LogP contribution < -0.4 is 10.0 Å². The minimum absolute atomic E-state index is 0.0350. The molecule has 2 aliphatic heterocycles. The van der Waals surface area contributed by atoms with Gasteiger partial charge in [0.2, 0.25) is 21.8 Å². The van der Waals surface area contributed by atoms with Crippen molar-refractivity contribution in [1.29, 1.82) is 0 Å². The second kappa shape index (κ2) is 12.7. The monoisotopic (exact) mass is 602 g/mol. The third-order valence-electron chi connectivity index (χ3n) is 7.62. The SMILES string of the molecule is [N-]=[N+]=CC(=O)[C@H](Cc1ccccc1)NC(=O)[C@@H]1CCCN2C(=O)CCC(NS(=O)(=O)c3ccc4ccccc4c3)C(=O)N12. The van der Waals surface area contributed by atoms with Gasteiger partial charge in [-0.05, 0) is 47.7 Å². The van der Waals surface area contributed by atoms with E-state index < -0.39 is 51.7 Å². The summed E-state index contributed by atoms with van der Waals surface area (Å²) < 4.78 is 29.2. The summed E-state index contributed by atoms with van der Waals surface area (Å²) in [6.45, 7) is 0.183. The molecule has 0 bridgehead atoms. The molecule has 43 heavy (non-hydrogen) atoms. The molecular weight excluding hydrogens is 572 g/mol. The first-order chi connectivity index (χ1) is 20.7. The van der Waals surface area contributed by atoms with Crippen molar-refractivity contribution >= 4 is 50.5 Å². The third-order valence-corrected chi connectivity index (χ3v) is 9.09. The lowest BCUT2D eigenvalue weighted by molar-refractivity contribution is -0.176. The van der Waals surface area contributed by atoms with E-state index in [1.165, 1.54) is 17.1 Å². The molecule has 3 aromatic rings. The lowest BCUT2D eigenvalue weighted by Crippen LogP contribution is -2.64. The number of nitrogens with one attached hydrogen (secondary N) is 2. The van der Waals surface area contributed by atoms with Gasteiger partial charge in [-0.25, -0.2) is 13.4 Å². The number of Topliss-reactive ketones (excluding diaryl/α,β-unsaturated/α-hetero) is 1. The Bertz CT molecular complexity index is 1720. The zero-order valence-corrected chi connectivity index (χ0v) is 23.9. The van der Waals surface area contributed by atoms with Crippen molar-refractivity contribution in [1.82, 2.24) is 20.1 Å². The standard InChI is InChI=1S/C30H30N6O6S/c31-32-19-27(37)25(17-20-7-2-1-3-8-20)33-29(39)26-11-6-16-35-28(38)15-14-24(30(40)36(26)35)34-43(41,42)23-13-12-21-9-4-5-10-22(21)18-23/h1-5,7-10,12-13,18-19,24-26,34H,6,11,14-17H2,(H,33,39)/t24?,25-,26-/m0/s1. The largest absolute Gasteiger partial charge is 0.361 e. The van der Waals surface area contributed by atoms with Gasteiger partial charge in [0.15, 0.2) is 0 Å². The van der Waals surface area contributed by atoms with Gasteiger partial charge in [-0.1, -0.05) is 60.7 Å². The molecule has 13 heteroatoms. The summed E-state index contributed by atoms with van der Waals surface area (Å²) >= 11 is 0. The van der Waals surface area contributed by atoms with Gasteiger partial charge < -0.3 is 10.8 Å². The molecule has 3 atom stereocenters. The van der Waals surface area contributed by atoms with E-state index in [9.17, 15) is 27.6 Å². The average Bonchev–Trinajstić information content (AvgIpc) is 3.13. The number of sulfonamides is 1. The summed E-state index contributed by atoms with van der Waals surface area (Å²) in [5.74, 6) is -2.50. The third kappa shape index (κ3) is 6.54. The molecule has 0 saturated carbocycles. The molecule has 5 rings (SSSR count). The van der Waals surface area contributed by atoms with Crippen LogP contribution in [-0.4, -0.2) is 77.6 Å². The summed E-state index contributed by atoms with van der Waals surface area (Å²) in [7, 11) is -4.18. The Kier molecular flexibility index (Phi) is 8.76. The Labute approximate surface area is 248 Å². The number of hydrogen-bond donors (Lipinski definition) is 2. The van der Waals surface area contributed by atoms with Crippen LogP contribution in [0.4, 0.5) is 0 Å². The van der Waals surface area contributed by atoms with Gasteiger partial charge in [-0.3, -0.25) is 24.2 Å². The molecule has 3 amide bonds. The fourth-order valence-corrected chi connectivity index (χ4v) is 6.72. The van der Waals surface area contributed by atoms with Crippen molar-refractivity contribution in [3.8, 4) is 0 Å². The van der Waals surface area contributed by atoms with Crippen molar-refractivity contribution in [3.05, 3.63) is 83.9 Å². The minimum atomic E-state index is -4.18. The highest BCUT2D eigenvalue weighted by atomic mass is 32.2. The Morgan fingerprint density at radius 1 is 1.00 bits per heavy atom. The first-order valence-electron chi connectivity index (χ1n) is 13.9. The van der Waals surface area contributed by atoms with Crippen LogP contribution in [0.5, 0.6) is 0 Å². The molecule has 0 spiro atoms. The maximum atomic E-state index is 13.9. The van der Waals surface area contributed by atoms with Crippen LogP contribution >= 0.6 is 0 Å². The summed E-state index contributed by atoms with van der Waals surface area (Å²) in [6.07, 6.45) is 1.19. The quantitative estimate of drug-likeness (QED) is 0.214. The van der Waals surface area contributed by atoms with E-state index in [1.807, 2.05) is 12.1 Å². The van der Waals surface area contributed by atoms with Crippen molar-refractivity contribution in [2.24, 2.45) is 0 Å². The smallest absolute Gasteiger partial charge is 0.325 e. The highest BCUT2D eigenvalue weighted by Crippen LogP contribution is 2.26. The number of fused-ring (bicyclic) bond motifs is 2. The number of hydrazine groups is 1. The number of hydrogen-bond acceptors (Lipinski definition) is 6. The van der Waals surface area contributed by atoms with Crippen LogP contribution in [-0.2, 0) is 35.6 Å².